The van der Waals surface area contributed by atoms with Crippen molar-refractivity contribution in [3.8, 4) is 0 Å². The number of hydrogen-bond acceptors (Lipinski definition) is 2. The van der Waals surface area contributed by atoms with Crippen LogP contribution < -0.4 is 0 Å². The number of Topliss-reactive ketones (excluding diaryl/α,β-unsaturated/α-hetero) is 2. The molecule has 0 aromatic carbocycles. The SMILES string of the molecule is CC(=O)C[C@@H](C)[C@]1(C)CC[C@@]2(C)C3=CCC4C(C)(C)C(=O)CC[C@]4(C)[C@@H]3CC=C21. The average Bonchev–Trinajstić information content (AvgIpc) is 2.91. The van der Waals surface area contributed by atoms with Crippen molar-refractivity contribution < 1.29 is 9.59 Å². The van der Waals surface area contributed by atoms with Crippen molar-refractivity contribution in [1.29, 1.82) is 0 Å². The molecule has 0 saturated heterocycles. The highest BCUT2D eigenvalue weighted by Crippen LogP contribution is 2.69. The van der Waals surface area contributed by atoms with Crippen molar-refractivity contribution >= 4 is 11.6 Å². The van der Waals surface area contributed by atoms with E-state index in [1.165, 1.54) is 12.8 Å². The molecule has 0 amide bonds. The highest BCUT2D eigenvalue weighted by Gasteiger charge is 2.61. The summed E-state index contributed by atoms with van der Waals surface area (Å²) in [5, 5.41) is 0. The molecule has 29 heavy (non-hydrogen) atoms. The zero-order valence-electron chi connectivity index (χ0n) is 19.7. The summed E-state index contributed by atoms with van der Waals surface area (Å²) in [4.78, 5) is 24.6. The van der Waals surface area contributed by atoms with Gasteiger partial charge in [-0.05, 0) is 67.6 Å². The quantitative estimate of drug-likeness (QED) is 0.498. The maximum atomic E-state index is 12.7. The van der Waals surface area contributed by atoms with E-state index in [0.29, 0.717) is 35.7 Å². The van der Waals surface area contributed by atoms with Crippen molar-refractivity contribution in [3.05, 3.63) is 23.3 Å². The largest absolute Gasteiger partial charge is 0.300 e. The predicted molar refractivity (Wildman–Crippen MR) is 118 cm³/mol. The molecule has 0 spiro atoms. The predicted octanol–water partition coefficient (Wildman–Crippen LogP) is 6.70. The molecular weight excluding hydrogens is 356 g/mol. The number of rotatable bonds is 3. The van der Waals surface area contributed by atoms with Crippen LogP contribution in [0, 0.1) is 39.4 Å². The highest BCUT2D eigenvalue weighted by atomic mass is 16.1. The van der Waals surface area contributed by atoms with Crippen molar-refractivity contribution in [2.75, 3.05) is 0 Å². The highest BCUT2D eigenvalue weighted by molar-refractivity contribution is 5.85. The number of carbonyl (C=O) groups is 2. The Morgan fingerprint density at radius 2 is 1.76 bits per heavy atom. The summed E-state index contributed by atoms with van der Waals surface area (Å²) >= 11 is 0. The van der Waals surface area contributed by atoms with Gasteiger partial charge in [0.05, 0.1) is 0 Å². The Labute approximate surface area is 177 Å². The van der Waals surface area contributed by atoms with Gasteiger partial charge >= 0.3 is 0 Å². The summed E-state index contributed by atoms with van der Waals surface area (Å²) in [7, 11) is 0. The van der Waals surface area contributed by atoms with Crippen LogP contribution in [0.2, 0.25) is 0 Å². The Hall–Kier alpha value is -1.18. The Bertz CT molecular complexity index is 814. The molecule has 2 fully saturated rings. The standard InChI is InChI=1S/C27H40O2/c1-17(16-18(2)28)25(5)14-15-27(7)20-8-10-21-24(3,4)23(29)12-13-26(21,6)19(20)9-11-22(25)27/h8,11,17,19,21H,9-10,12-16H2,1-7H3/t17-,19-,21?,25+,26-,27+/m1/s1. The molecule has 2 saturated carbocycles. The van der Waals surface area contributed by atoms with Gasteiger partial charge in [0, 0.05) is 23.7 Å². The molecule has 160 valence electrons. The molecule has 4 rings (SSSR count). The Kier molecular flexibility index (Phi) is 4.66. The van der Waals surface area contributed by atoms with E-state index < -0.39 is 0 Å². The zero-order valence-corrected chi connectivity index (χ0v) is 19.7. The normalized spacial score (nSPS) is 44.2. The summed E-state index contributed by atoms with van der Waals surface area (Å²) in [6.07, 6.45) is 12.1. The van der Waals surface area contributed by atoms with Crippen LogP contribution in [0.3, 0.4) is 0 Å². The summed E-state index contributed by atoms with van der Waals surface area (Å²) in [6, 6.07) is 0. The monoisotopic (exact) mass is 396 g/mol. The van der Waals surface area contributed by atoms with Crippen LogP contribution >= 0.6 is 0 Å². The second-order valence-corrected chi connectivity index (χ2v) is 12.1. The average molecular weight is 397 g/mol. The minimum Gasteiger partial charge on any atom is -0.300 e. The third-order valence-corrected chi connectivity index (χ3v) is 10.3. The lowest BCUT2D eigenvalue weighted by molar-refractivity contribution is -0.143. The number of ketones is 2. The molecule has 2 heteroatoms. The molecule has 0 heterocycles. The van der Waals surface area contributed by atoms with Gasteiger partial charge in [0.1, 0.15) is 11.6 Å². The summed E-state index contributed by atoms with van der Waals surface area (Å²) in [6.45, 7) is 15.8. The zero-order chi connectivity index (χ0) is 21.4. The first-order valence-corrected chi connectivity index (χ1v) is 11.8. The fourth-order valence-corrected chi connectivity index (χ4v) is 8.20. The molecule has 0 radical (unpaired) electrons. The maximum absolute atomic E-state index is 12.7. The van der Waals surface area contributed by atoms with Gasteiger partial charge in [-0.3, -0.25) is 4.79 Å². The van der Waals surface area contributed by atoms with Crippen molar-refractivity contribution in [2.24, 2.45) is 39.4 Å². The van der Waals surface area contributed by atoms with Crippen molar-refractivity contribution in [3.63, 3.8) is 0 Å². The second-order valence-electron chi connectivity index (χ2n) is 12.1. The van der Waals surface area contributed by atoms with Crippen LogP contribution in [0.15, 0.2) is 23.3 Å². The van der Waals surface area contributed by atoms with Gasteiger partial charge in [0.25, 0.3) is 0 Å². The maximum Gasteiger partial charge on any atom is 0.138 e. The van der Waals surface area contributed by atoms with Gasteiger partial charge in [-0.1, -0.05) is 64.8 Å². The molecule has 0 aliphatic heterocycles. The fourth-order valence-electron chi connectivity index (χ4n) is 8.20. The Morgan fingerprint density at radius 3 is 2.41 bits per heavy atom. The van der Waals surface area contributed by atoms with Crippen molar-refractivity contribution in [2.45, 2.75) is 93.4 Å². The van der Waals surface area contributed by atoms with E-state index in [2.05, 4.69) is 53.7 Å². The summed E-state index contributed by atoms with van der Waals surface area (Å²) in [5.41, 5.74) is 3.55. The van der Waals surface area contributed by atoms with E-state index in [0.717, 1.165) is 25.7 Å². The smallest absolute Gasteiger partial charge is 0.138 e. The van der Waals surface area contributed by atoms with Crippen LogP contribution in [-0.2, 0) is 9.59 Å². The molecule has 0 aromatic rings. The molecule has 0 aromatic heterocycles. The number of carbonyl (C=O) groups excluding carboxylic acids is 2. The third-order valence-electron chi connectivity index (χ3n) is 10.3. The molecule has 4 aliphatic rings. The van der Waals surface area contributed by atoms with Crippen LogP contribution in [0.25, 0.3) is 0 Å². The minimum absolute atomic E-state index is 0.131. The first kappa shape index (κ1) is 21.1. The topological polar surface area (TPSA) is 34.1 Å². The molecule has 4 aliphatic carbocycles. The van der Waals surface area contributed by atoms with Crippen LogP contribution in [0.4, 0.5) is 0 Å². The van der Waals surface area contributed by atoms with E-state index in [1.54, 1.807) is 18.1 Å². The number of hydrogen-bond donors (Lipinski definition) is 0. The van der Waals surface area contributed by atoms with Crippen LogP contribution in [0.1, 0.15) is 93.4 Å². The van der Waals surface area contributed by atoms with Gasteiger partial charge in [-0.15, -0.1) is 0 Å². The fraction of sp³-hybridized carbons (Fsp3) is 0.778. The third kappa shape index (κ3) is 2.73. The molecule has 2 nitrogen and oxygen atoms in total. The van der Waals surface area contributed by atoms with E-state index in [1.807, 2.05) is 0 Å². The lowest BCUT2D eigenvalue weighted by atomic mass is 9.44. The van der Waals surface area contributed by atoms with Gasteiger partial charge in [-0.25, -0.2) is 0 Å². The van der Waals surface area contributed by atoms with E-state index >= 15 is 0 Å². The lowest BCUT2D eigenvalue weighted by Crippen LogP contribution is -2.54. The molecule has 6 atom stereocenters. The molecule has 0 N–H and O–H groups in total. The minimum atomic E-state index is -0.208. The lowest BCUT2D eigenvalue weighted by Gasteiger charge is -2.59. The van der Waals surface area contributed by atoms with E-state index in [9.17, 15) is 9.59 Å². The second kappa shape index (κ2) is 6.41. The van der Waals surface area contributed by atoms with Crippen LogP contribution in [-0.4, -0.2) is 11.6 Å². The Balaban J connectivity index is 1.74. The number of fused-ring (bicyclic) bond motifs is 5. The van der Waals surface area contributed by atoms with E-state index in [-0.39, 0.29) is 21.7 Å². The van der Waals surface area contributed by atoms with Gasteiger partial charge in [0.15, 0.2) is 0 Å². The number of allylic oxidation sites excluding steroid dienone is 4. The Morgan fingerprint density at radius 1 is 1.07 bits per heavy atom. The first-order valence-electron chi connectivity index (χ1n) is 11.8. The molecular formula is C27H40O2. The molecule has 1 unspecified atom stereocenters. The summed E-state index contributed by atoms with van der Waals surface area (Å²) in [5.74, 6) is 2.17. The molecule has 0 bridgehead atoms. The van der Waals surface area contributed by atoms with Crippen LogP contribution in [0.5, 0.6) is 0 Å². The van der Waals surface area contributed by atoms with E-state index in [4.69, 9.17) is 0 Å². The first-order chi connectivity index (χ1) is 13.4. The summed E-state index contributed by atoms with van der Waals surface area (Å²) < 4.78 is 0. The van der Waals surface area contributed by atoms with Gasteiger partial charge in [0.2, 0.25) is 0 Å². The van der Waals surface area contributed by atoms with Gasteiger partial charge < -0.3 is 4.79 Å². The van der Waals surface area contributed by atoms with Gasteiger partial charge in [-0.2, -0.15) is 0 Å². The van der Waals surface area contributed by atoms with Crippen molar-refractivity contribution in [1.82, 2.24) is 0 Å².